The van der Waals surface area contributed by atoms with Gasteiger partial charge in [-0.05, 0) is 0 Å². The normalized spacial score (nSPS) is 11.9. The van der Waals surface area contributed by atoms with E-state index in [4.69, 9.17) is 9.97 Å². The smallest absolute Gasteiger partial charge is 0.280 e. The van der Waals surface area contributed by atoms with E-state index in [0.717, 1.165) is 20.8 Å². The van der Waals surface area contributed by atoms with Crippen LogP contribution in [0.5, 0.6) is 0 Å². The van der Waals surface area contributed by atoms with E-state index < -0.39 is 5.69 Å². The second kappa shape index (κ2) is 8.05. The number of nitrogens with zero attached hydrogens (tertiary/aromatic N) is 5. The molecule has 0 atom stereocenters. The Morgan fingerprint density at radius 1 is 1.00 bits per heavy atom. The summed E-state index contributed by atoms with van der Waals surface area (Å²) in [5.74, 6) is 1.15. The van der Waals surface area contributed by atoms with Gasteiger partial charge in [0.2, 0.25) is 0 Å². The van der Waals surface area contributed by atoms with Crippen LogP contribution in [0.1, 0.15) is 32.3 Å². The average Bonchev–Trinajstić information content (AvgIpc) is 3.23. The predicted molar refractivity (Wildman–Crippen MR) is 126 cm³/mol. The van der Waals surface area contributed by atoms with Gasteiger partial charge in [0.15, 0.2) is 5.65 Å². The van der Waals surface area contributed by atoms with Crippen LogP contribution in [0.25, 0.3) is 21.6 Å². The minimum Gasteiger partial charge on any atom is -0.280 e. The zero-order chi connectivity index (χ0) is 22.3. The van der Waals surface area contributed by atoms with Gasteiger partial charge in [0, 0.05) is 36.2 Å². The number of fused-ring (bicyclic) bond motifs is 1. The van der Waals surface area contributed by atoms with E-state index in [1.807, 2.05) is 56.5 Å². The van der Waals surface area contributed by atoms with Crippen molar-refractivity contribution in [3.05, 3.63) is 68.1 Å². The van der Waals surface area contributed by atoms with Crippen molar-refractivity contribution >= 4 is 34.1 Å². The van der Waals surface area contributed by atoms with Gasteiger partial charge in [0.1, 0.15) is 21.2 Å². The summed E-state index contributed by atoms with van der Waals surface area (Å²) in [6.07, 6.45) is 0. The molecule has 0 N–H and O–H groups in total. The third-order valence-corrected chi connectivity index (χ3v) is 6.82. The van der Waals surface area contributed by atoms with Crippen LogP contribution in [0.4, 0.5) is 0 Å². The molecule has 3 aromatic heterocycles. The molecule has 0 aliphatic rings. The first-order valence-corrected chi connectivity index (χ1v) is 11.6. The van der Waals surface area contributed by atoms with E-state index in [9.17, 15) is 9.59 Å². The molecule has 160 valence electrons. The SMILES string of the molecule is Cn1c(=O)c2c(SCc3csc(-c4ccccc4)n3)nc(C(C)(C)C)nc2n(C)c1=O. The number of thiazole rings is 1. The number of hydrogen-bond donors (Lipinski definition) is 0. The molecule has 0 saturated carbocycles. The van der Waals surface area contributed by atoms with E-state index in [2.05, 4.69) is 4.98 Å². The van der Waals surface area contributed by atoms with Crippen molar-refractivity contribution in [1.29, 1.82) is 0 Å². The van der Waals surface area contributed by atoms with Crippen LogP contribution in [0.3, 0.4) is 0 Å². The molecule has 0 aliphatic heterocycles. The minimum absolute atomic E-state index is 0.332. The van der Waals surface area contributed by atoms with Crippen LogP contribution in [0.2, 0.25) is 0 Å². The van der Waals surface area contributed by atoms with Gasteiger partial charge >= 0.3 is 5.69 Å². The third-order valence-electron chi connectivity index (χ3n) is 4.87. The molecule has 0 amide bonds. The summed E-state index contributed by atoms with van der Waals surface area (Å²) in [5, 5.41) is 3.91. The number of benzene rings is 1. The van der Waals surface area contributed by atoms with Gasteiger partial charge in [-0.25, -0.2) is 19.7 Å². The lowest BCUT2D eigenvalue weighted by Crippen LogP contribution is -2.38. The number of aromatic nitrogens is 5. The molecule has 0 radical (unpaired) electrons. The second-order valence-electron chi connectivity index (χ2n) is 8.31. The summed E-state index contributed by atoms with van der Waals surface area (Å²) in [6, 6.07) is 10.0. The van der Waals surface area contributed by atoms with Crippen molar-refractivity contribution in [3.63, 3.8) is 0 Å². The van der Waals surface area contributed by atoms with Crippen LogP contribution in [0, 0.1) is 0 Å². The first-order chi connectivity index (χ1) is 14.7. The number of thioether (sulfide) groups is 1. The van der Waals surface area contributed by atoms with Gasteiger partial charge in [0.25, 0.3) is 5.56 Å². The van der Waals surface area contributed by atoms with Gasteiger partial charge < -0.3 is 0 Å². The molecule has 1 aromatic carbocycles. The molecule has 4 aromatic rings. The maximum Gasteiger partial charge on any atom is 0.332 e. The summed E-state index contributed by atoms with van der Waals surface area (Å²) in [5.41, 5.74) is 1.23. The molecule has 0 spiro atoms. The third kappa shape index (κ3) is 4.07. The molecular weight excluding hydrogens is 430 g/mol. The van der Waals surface area contributed by atoms with Crippen molar-refractivity contribution in [2.75, 3.05) is 0 Å². The van der Waals surface area contributed by atoms with Crippen LogP contribution in [0.15, 0.2) is 50.3 Å². The highest BCUT2D eigenvalue weighted by molar-refractivity contribution is 7.98. The lowest BCUT2D eigenvalue weighted by molar-refractivity contribution is 0.539. The van der Waals surface area contributed by atoms with Crippen LogP contribution in [-0.2, 0) is 25.3 Å². The van der Waals surface area contributed by atoms with E-state index in [0.29, 0.717) is 27.6 Å². The summed E-state index contributed by atoms with van der Waals surface area (Å²) in [7, 11) is 3.10. The van der Waals surface area contributed by atoms with Gasteiger partial charge in [-0.3, -0.25) is 13.9 Å². The standard InChI is InChI=1S/C22H23N5O2S2/c1-22(2,3)20-24-16-15(19(28)27(5)21(29)26(16)4)18(25-20)31-12-14-11-30-17(23-14)13-9-7-6-8-10-13/h6-11H,12H2,1-5H3. The van der Waals surface area contributed by atoms with Crippen LogP contribution in [-0.4, -0.2) is 24.1 Å². The molecule has 9 heteroatoms. The lowest BCUT2D eigenvalue weighted by Gasteiger charge is -2.19. The number of rotatable bonds is 4. The first kappa shape index (κ1) is 21.5. The van der Waals surface area contributed by atoms with Gasteiger partial charge in [-0.2, -0.15) is 0 Å². The van der Waals surface area contributed by atoms with Crippen LogP contribution >= 0.6 is 23.1 Å². The molecule has 4 rings (SSSR count). The molecule has 31 heavy (non-hydrogen) atoms. The Morgan fingerprint density at radius 2 is 1.71 bits per heavy atom. The topological polar surface area (TPSA) is 82.7 Å². The van der Waals surface area contributed by atoms with E-state index in [-0.39, 0.29) is 11.0 Å². The van der Waals surface area contributed by atoms with E-state index >= 15 is 0 Å². The summed E-state index contributed by atoms with van der Waals surface area (Å²) in [4.78, 5) is 39.4. The van der Waals surface area contributed by atoms with Gasteiger partial charge in [-0.1, -0.05) is 62.9 Å². The molecular formula is C22H23N5O2S2. The maximum absolute atomic E-state index is 12.9. The van der Waals surface area contributed by atoms with Gasteiger partial charge in [-0.15, -0.1) is 11.3 Å². The van der Waals surface area contributed by atoms with Gasteiger partial charge in [0.05, 0.1) is 5.69 Å². The monoisotopic (exact) mass is 453 g/mol. The Kier molecular flexibility index (Phi) is 5.57. The predicted octanol–water partition coefficient (Wildman–Crippen LogP) is 3.74. The molecule has 0 fully saturated rings. The Balaban J connectivity index is 1.77. The van der Waals surface area contributed by atoms with E-state index in [1.54, 1.807) is 18.4 Å². The quantitative estimate of drug-likeness (QED) is 0.346. The molecule has 0 bridgehead atoms. The number of aryl methyl sites for hydroxylation is 1. The number of hydrogen-bond acceptors (Lipinski definition) is 7. The molecule has 0 saturated heterocycles. The fourth-order valence-electron chi connectivity index (χ4n) is 3.10. The van der Waals surface area contributed by atoms with Crippen molar-refractivity contribution in [1.82, 2.24) is 24.1 Å². The summed E-state index contributed by atoms with van der Waals surface area (Å²) >= 11 is 3.03. The van der Waals surface area contributed by atoms with Crippen molar-refractivity contribution in [3.8, 4) is 10.6 Å². The fraction of sp³-hybridized carbons (Fsp3) is 0.318. The zero-order valence-electron chi connectivity index (χ0n) is 18.0. The Hall–Kier alpha value is -2.78. The average molecular weight is 454 g/mol. The van der Waals surface area contributed by atoms with Crippen molar-refractivity contribution < 1.29 is 0 Å². The molecule has 3 heterocycles. The first-order valence-electron chi connectivity index (χ1n) is 9.77. The molecule has 7 nitrogen and oxygen atoms in total. The highest BCUT2D eigenvalue weighted by atomic mass is 32.2. The highest BCUT2D eigenvalue weighted by Crippen LogP contribution is 2.31. The van der Waals surface area contributed by atoms with Crippen molar-refractivity contribution in [2.24, 2.45) is 14.1 Å². The van der Waals surface area contributed by atoms with E-state index in [1.165, 1.54) is 23.4 Å². The largest absolute Gasteiger partial charge is 0.332 e. The summed E-state index contributed by atoms with van der Waals surface area (Å²) < 4.78 is 2.51. The van der Waals surface area contributed by atoms with Crippen LogP contribution < -0.4 is 11.2 Å². The second-order valence-corrected chi connectivity index (χ2v) is 10.1. The maximum atomic E-state index is 12.9. The Labute approximate surface area is 187 Å². The Bertz CT molecular complexity index is 1380. The summed E-state index contributed by atoms with van der Waals surface area (Å²) in [6.45, 7) is 6.02. The highest BCUT2D eigenvalue weighted by Gasteiger charge is 2.23. The fourth-order valence-corrected chi connectivity index (χ4v) is 4.94. The Morgan fingerprint density at radius 3 is 2.39 bits per heavy atom. The van der Waals surface area contributed by atoms with Crippen molar-refractivity contribution in [2.45, 2.75) is 37.0 Å². The molecule has 0 unspecified atom stereocenters. The zero-order valence-corrected chi connectivity index (χ0v) is 19.7. The molecule has 0 aliphatic carbocycles. The lowest BCUT2D eigenvalue weighted by atomic mass is 9.96. The minimum atomic E-state index is -0.404.